The summed E-state index contributed by atoms with van der Waals surface area (Å²) in [5.41, 5.74) is 0. The molecule has 0 aliphatic heterocycles. The number of ether oxygens (including phenoxy) is 1. The van der Waals surface area contributed by atoms with Crippen molar-refractivity contribution in [3.63, 3.8) is 0 Å². The predicted octanol–water partition coefficient (Wildman–Crippen LogP) is 0.739. The summed E-state index contributed by atoms with van der Waals surface area (Å²) in [5, 5.41) is -5.65. The second-order valence-corrected chi connectivity index (χ2v) is 5.04. The smallest absolute Gasteiger partial charge is 0.388 e. The molecule has 5 nitrogen and oxygen atoms in total. The molecule has 0 aliphatic carbocycles. The van der Waals surface area contributed by atoms with Gasteiger partial charge in [0, 0.05) is 12.7 Å². The Bertz CT molecular complexity index is 428. The van der Waals surface area contributed by atoms with Crippen LogP contribution in [0.1, 0.15) is 13.3 Å². The van der Waals surface area contributed by atoms with E-state index in [0.29, 0.717) is 0 Å². The van der Waals surface area contributed by atoms with Gasteiger partial charge in [-0.25, -0.2) is 13.2 Å². The topological polar surface area (TPSA) is 77.5 Å². The lowest BCUT2D eigenvalue weighted by molar-refractivity contribution is -0.204. The van der Waals surface area contributed by atoms with E-state index in [9.17, 15) is 35.6 Å². The first kappa shape index (κ1) is 15.8. The molecule has 0 aliphatic rings. The van der Waals surface area contributed by atoms with E-state index in [2.05, 4.69) is 4.74 Å². The Morgan fingerprint density at radius 1 is 1.18 bits per heavy atom. The lowest BCUT2D eigenvalue weighted by Crippen LogP contribution is -2.52. The zero-order chi connectivity index (χ0) is 14.1. The zero-order valence-corrected chi connectivity index (χ0v) is 9.48. The van der Waals surface area contributed by atoms with Crippen LogP contribution in [0.3, 0.4) is 0 Å². The van der Waals surface area contributed by atoms with Crippen LogP contribution in [0.5, 0.6) is 0 Å². The van der Waals surface area contributed by atoms with Crippen molar-refractivity contribution in [3.8, 4) is 0 Å². The second kappa shape index (κ2) is 4.59. The van der Waals surface area contributed by atoms with Crippen molar-refractivity contribution in [1.29, 1.82) is 0 Å². The summed E-state index contributed by atoms with van der Waals surface area (Å²) in [7, 11) is -5.54. The SMILES string of the molecule is CCC(=O)OC(=O)C(F)(F)C(F)(F)S(C)(=O)=O. The van der Waals surface area contributed by atoms with Gasteiger partial charge in [0.1, 0.15) is 0 Å². The minimum absolute atomic E-state index is 0.171. The average molecular weight is 280 g/mol. The lowest BCUT2D eigenvalue weighted by Gasteiger charge is -2.22. The molecule has 0 amide bonds. The highest BCUT2D eigenvalue weighted by atomic mass is 32.2. The molecule has 100 valence electrons. The summed E-state index contributed by atoms with van der Waals surface area (Å²) in [6.45, 7) is 1.13. The molecule has 0 heterocycles. The lowest BCUT2D eigenvalue weighted by atomic mass is 10.3. The van der Waals surface area contributed by atoms with E-state index in [1.165, 1.54) is 0 Å². The van der Waals surface area contributed by atoms with Crippen molar-refractivity contribution in [2.45, 2.75) is 24.5 Å². The molecular formula is C7H8F4O5S. The summed E-state index contributed by atoms with van der Waals surface area (Å²) in [5.74, 6) is -10.0. The Morgan fingerprint density at radius 3 is 1.88 bits per heavy atom. The summed E-state index contributed by atoms with van der Waals surface area (Å²) in [6.07, 6.45) is -0.678. The number of alkyl halides is 4. The number of carbonyl (C=O) groups is 2. The van der Waals surface area contributed by atoms with Crippen LogP contribution in [0.4, 0.5) is 17.6 Å². The van der Waals surface area contributed by atoms with Crippen molar-refractivity contribution in [2.24, 2.45) is 0 Å². The summed E-state index contributed by atoms with van der Waals surface area (Å²) < 4.78 is 75.4. The number of hydrogen-bond donors (Lipinski definition) is 0. The van der Waals surface area contributed by atoms with Gasteiger partial charge in [0.2, 0.25) is 9.84 Å². The maximum absolute atomic E-state index is 12.8. The van der Waals surface area contributed by atoms with Gasteiger partial charge < -0.3 is 4.74 Å². The predicted molar refractivity (Wildman–Crippen MR) is 46.1 cm³/mol. The molecule has 0 spiro atoms. The van der Waals surface area contributed by atoms with Crippen LogP contribution in [-0.2, 0) is 24.2 Å². The molecule has 0 aromatic rings. The van der Waals surface area contributed by atoms with Gasteiger partial charge in [-0.1, -0.05) is 6.92 Å². The van der Waals surface area contributed by atoms with Gasteiger partial charge in [-0.05, 0) is 0 Å². The summed E-state index contributed by atoms with van der Waals surface area (Å²) in [6, 6.07) is 0. The highest BCUT2D eigenvalue weighted by Gasteiger charge is 2.70. The monoisotopic (exact) mass is 280 g/mol. The van der Waals surface area contributed by atoms with Crippen molar-refractivity contribution in [2.75, 3.05) is 6.26 Å². The molecule has 0 radical (unpaired) electrons. The number of sulfone groups is 1. The number of hydrogen-bond acceptors (Lipinski definition) is 5. The Labute approximate surface area is 93.7 Å². The van der Waals surface area contributed by atoms with E-state index in [4.69, 9.17) is 0 Å². The standard InChI is InChI=1S/C7H8F4O5S/c1-3-4(12)16-5(13)6(8,9)7(10,11)17(2,14)15/h3H2,1-2H3. The number of esters is 2. The molecule has 0 N–H and O–H groups in total. The molecule has 0 aromatic heterocycles. The Balaban J connectivity index is 5.28. The van der Waals surface area contributed by atoms with Crippen LogP contribution < -0.4 is 0 Å². The van der Waals surface area contributed by atoms with Gasteiger partial charge in [0.15, 0.2) is 0 Å². The van der Waals surface area contributed by atoms with Crippen molar-refractivity contribution in [3.05, 3.63) is 0 Å². The van der Waals surface area contributed by atoms with E-state index in [1.807, 2.05) is 0 Å². The van der Waals surface area contributed by atoms with Gasteiger partial charge in [-0.2, -0.15) is 17.6 Å². The Hall–Kier alpha value is -1.19. The fraction of sp³-hybridized carbons (Fsp3) is 0.714. The maximum atomic E-state index is 12.8. The third-order valence-electron chi connectivity index (χ3n) is 1.58. The molecule has 0 rings (SSSR count). The fourth-order valence-electron chi connectivity index (χ4n) is 0.591. The van der Waals surface area contributed by atoms with Gasteiger partial charge in [-0.15, -0.1) is 0 Å². The minimum atomic E-state index is -5.65. The first-order valence-corrected chi connectivity index (χ1v) is 5.97. The maximum Gasteiger partial charge on any atom is 0.419 e. The largest absolute Gasteiger partial charge is 0.419 e. The summed E-state index contributed by atoms with van der Waals surface area (Å²) in [4.78, 5) is 21.1. The molecule has 10 heteroatoms. The van der Waals surface area contributed by atoms with Gasteiger partial charge >= 0.3 is 23.1 Å². The van der Waals surface area contributed by atoms with Crippen LogP contribution in [0.15, 0.2) is 0 Å². The molecule has 0 fully saturated rings. The van der Waals surface area contributed by atoms with Crippen LogP contribution in [0.25, 0.3) is 0 Å². The van der Waals surface area contributed by atoms with Gasteiger partial charge in [0.25, 0.3) is 0 Å². The first-order chi connectivity index (χ1) is 7.38. The molecular weight excluding hydrogens is 272 g/mol. The minimum Gasteiger partial charge on any atom is -0.388 e. The van der Waals surface area contributed by atoms with Gasteiger partial charge in [0.05, 0.1) is 0 Å². The van der Waals surface area contributed by atoms with E-state index >= 15 is 0 Å². The molecule has 0 saturated carbocycles. The van der Waals surface area contributed by atoms with Crippen molar-refractivity contribution >= 4 is 21.8 Å². The molecule has 0 saturated heterocycles. The average Bonchev–Trinajstić information content (AvgIpc) is 2.15. The molecule has 0 aromatic carbocycles. The number of halogens is 4. The number of rotatable bonds is 4. The third kappa shape index (κ3) is 2.93. The molecule has 17 heavy (non-hydrogen) atoms. The van der Waals surface area contributed by atoms with Crippen LogP contribution >= 0.6 is 0 Å². The van der Waals surface area contributed by atoms with Gasteiger partial charge in [-0.3, -0.25) is 4.79 Å². The fourth-order valence-corrected chi connectivity index (χ4v) is 1.14. The van der Waals surface area contributed by atoms with E-state index < -0.39 is 39.4 Å². The molecule has 0 unspecified atom stereocenters. The van der Waals surface area contributed by atoms with Crippen LogP contribution in [-0.4, -0.2) is 37.8 Å². The quantitative estimate of drug-likeness (QED) is 0.431. The third-order valence-corrected chi connectivity index (χ3v) is 2.77. The zero-order valence-electron chi connectivity index (χ0n) is 8.67. The van der Waals surface area contributed by atoms with E-state index in [0.717, 1.165) is 6.92 Å². The normalized spacial score (nSPS) is 13.3. The van der Waals surface area contributed by atoms with Crippen molar-refractivity contribution < 1.29 is 40.3 Å². The second-order valence-electron chi connectivity index (χ2n) is 2.98. The summed E-state index contributed by atoms with van der Waals surface area (Å²) >= 11 is 0. The van der Waals surface area contributed by atoms with Crippen LogP contribution in [0, 0.1) is 0 Å². The van der Waals surface area contributed by atoms with E-state index in [-0.39, 0.29) is 6.26 Å². The molecule has 0 atom stereocenters. The number of carbonyl (C=O) groups excluding carboxylic acids is 2. The van der Waals surface area contributed by atoms with Crippen LogP contribution in [0.2, 0.25) is 0 Å². The Morgan fingerprint density at radius 2 is 1.59 bits per heavy atom. The first-order valence-electron chi connectivity index (χ1n) is 4.08. The molecule has 0 bridgehead atoms. The van der Waals surface area contributed by atoms with E-state index in [1.54, 1.807) is 0 Å². The Kier molecular flexibility index (Phi) is 4.27. The van der Waals surface area contributed by atoms with Crippen molar-refractivity contribution in [1.82, 2.24) is 0 Å². The highest BCUT2D eigenvalue weighted by Crippen LogP contribution is 2.39. The highest BCUT2D eigenvalue weighted by molar-refractivity contribution is 7.91.